The van der Waals surface area contributed by atoms with Crippen LogP contribution < -0.4 is 11.1 Å². The molecular formula is C37H47N7O5. The minimum absolute atomic E-state index is 0.0233. The highest BCUT2D eigenvalue weighted by Crippen LogP contribution is 2.62. The summed E-state index contributed by atoms with van der Waals surface area (Å²) in [6.45, 7) is 11.9. The van der Waals surface area contributed by atoms with Crippen molar-refractivity contribution in [1.82, 2.24) is 24.4 Å². The van der Waals surface area contributed by atoms with E-state index >= 15 is 0 Å². The largest absolute Gasteiger partial charge is 0.423 e. The molecule has 2 aliphatic heterocycles. The number of aliphatic hydroxyl groups is 2. The predicted octanol–water partition coefficient (Wildman–Crippen LogP) is 3.69. The maximum absolute atomic E-state index is 13.8. The fourth-order valence-corrected chi connectivity index (χ4v) is 9.15. The topological polar surface area (TPSA) is 161 Å². The summed E-state index contributed by atoms with van der Waals surface area (Å²) in [5.41, 5.74) is 8.00. The zero-order valence-electron chi connectivity index (χ0n) is 28.5. The van der Waals surface area contributed by atoms with Crippen LogP contribution in [-0.4, -0.2) is 91.7 Å². The molecule has 5 N–H and O–H groups in total. The minimum Gasteiger partial charge on any atom is -0.423 e. The molecule has 0 spiro atoms. The number of anilines is 2. The molecule has 5 heterocycles. The molecule has 4 unspecified atom stereocenters. The summed E-state index contributed by atoms with van der Waals surface area (Å²) in [4.78, 5) is 29.3. The van der Waals surface area contributed by atoms with E-state index in [1.165, 1.54) is 0 Å². The Bertz CT molecular complexity index is 1800. The zero-order chi connectivity index (χ0) is 34.5. The first-order valence-electron chi connectivity index (χ1n) is 17.2. The van der Waals surface area contributed by atoms with E-state index in [4.69, 9.17) is 21.8 Å². The number of pyridine rings is 1. The number of aliphatic hydroxyl groups excluding tert-OH is 2. The molecule has 0 aromatic carbocycles. The average Bonchev–Trinajstić information content (AvgIpc) is 3.62. The van der Waals surface area contributed by atoms with E-state index in [0.717, 1.165) is 42.5 Å². The molecule has 49 heavy (non-hydrogen) atoms. The second-order valence-electron chi connectivity index (χ2n) is 14.6. The Kier molecular flexibility index (Phi) is 8.85. The van der Waals surface area contributed by atoms with E-state index in [-0.39, 0.29) is 35.8 Å². The molecule has 2 aliphatic carbocycles. The number of nitrogen functional groups attached to an aromatic ring is 1. The number of nitrogens with one attached hydrogen (secondary N) is 1. The predicted molar refractivity (Wildman–Crippen MR) is 187 cm³/mol. The Balaban J connectivity index is 1.28. The summed E-state index contributed by atoms with van der Waals surface area (Å²) in [7, 11) is 1.88. The molecule has 260 valence electrons. The van der Waals surface area contributed by atoms with Gasteiger partial charge in [-0.15, -0.1) is 0 Å². The lowest BCUT2D eigenvalue weighted by molar-refractivity contribution is -0.163. The van der Waals surface area contributed by atoms with Gasteiger partial charge in [0.05, 0.1) is 37.5 Å². The van der Waals surface area contributed by atoms with Crippen LogP contribution in [-0.2, 0) is 21.3 Å². The third kappa shape index (κ3) is 5.94. The van der Waals surface area contributed by atoms with E-state index in [0.29, 0.717) is 48.9 Å². The number of fused-ring (bicyclic) bond motifs is 2. The Labute approximate surface area is 286 Å². The number of cyclic esters (lactones) is 1. The van der Waals surface area contributed by atoms with Gasteiger partial charge in [0.25, 0.3) is 0 Å². The monoisotopic (exact) mass is 669 g/mol. The molecule has 7 rings (SSSR count). The fraction of sp³-hybridized carbons (Fsp3) is 0.514. The molecule has 12 nitrogen and oxygen atoms in total. The van der Waals surface area contributed by atoms with Crippen LogP contribution in [0.1, 0.15) is 45.1 Å². The summed E-state index contributed by atoms with van der Waals surface area (Å²) < 4.78 is 13.5. The van der Waals surface area contributed by atoms with Crippen molar-refractivity contribution in [2.75, 3.05) is 44.0 Å². The van der Waals surface area contributed by atoms with Gasteiger partial charge in [-0.05, 0) is 67.2 Å². The number of nitrogens with two attached hydrogens (primary N) is 1. The number of ether oxygens (including phenoxy) is 2. The lowest BCUT2D eigenvalue weighted by Crippen LogP contribution is -2.62. The third-order valence-electron chi connectivity index (χ3n) is 11.9. The molecule has 0 radical (unpaired) electrons. The van der Waals surface area contributed by atoms with Crippen LogP contribution in [0, 0.1) is 22.7 Å². The molecule has 3 aromatic rings. The van der Waals surface area contributed by atoms with Gasteiger partial charge in [-0.2, -0.15) is 4.98 Å². The maximum atomic E-state index is 13.8. The lowest BCUT2D eigenvalue weighted by atomic mass is 9.45. The molecule has 1 saturated heterocycles. The summed E-state index contributed by atoms with van der Waals surface area (Å²) in [5, 5.41) is 26.5. The van der Waals surface area contributed by atoms with Crippen molar-refractivity contribution in [3.63, 3.8) is 0 Å². The number of aryl methyl sites for hydroxylation is 1. The number of esters is 1. The summed E-state index contributed by atoms with van der Waals surface area (Å²) >= 11 is 0. The van der Waals surface area contributed by atoms with Crippen molar-refractivity contribution < 1.29 is 24.5 Å². The van der Waals surface area contributed by atoms with Gasteiger partial charge in [-0.1, -0.05) is 32.1 Å². The number of carbonyl (C=O) groups excluding carboxylic acids is 1. The second-order valence-corrected chi connectivity index (χ2v) is 14.6. The zero-order valence-corrected chi connectivity index (χ0v) is 28.5. The Morgan fingerprint density at radius 2 is 2.04 bits per heavy atom. The van der Waals surface area contributed by atoms with E-state index in [2.05, 4.69) is 32.1 Å². The van der Waals surface area contributed by atoms with Crippen LogP contribution in [0.15, 0.2) is 66.3 Å². The fourth-order valence-electron chi connectivity index (χ4n) is 9.15. The molecule has 3 fully saturated rings. The molecule has 4 aliphatic rings. The molecule has 12 heteroatoms. The van der Waals surface area contributed by atoms with Gasteiger partial charge < -0.3 is 35.3 Å². The second kappa shape index (κ2) is 13.0. The van der Waals surface area contributed by atoms with Crippen LogP contribution in [0.5, 0.6) is 0 Å². The van der Waals surface area contributed by atoms with E-state index in [9.17, 15) is 15.0 Å². The van der Waals surface area contributed by atoms with Gasteiger partial charge in [0.2, 0.25) is 5.95 Å². The standard InChI is InChI=1S/C37H47N7O5/c1-22-27(36(2)9-8-31(46)37(3,21-45)30(36)18-29(22)44-11-13-48-14-12-44)17-28(41-32-7-5-6-10-39-32)25-16-24(49-34(25)47)15-23-20-43(4)33-26(23)19-40-35(38)42-33/h5-7,10,15-16,19-20,27-31,45-46H,1,8-9,11-14,17-18,21H2,2-4H3,(H,39,41)(H2,38,40,42)/b24-15+/t27?,28?,29?,30?,31-,36-,37+/m1/s1. The molecule has 0 amide bonds. The van der Waals surface area contributed by atoms with E-state index in [1.807, 2.05) is 55.1 Å². The van der Waals surface area contributed by atoms with Gasteiger partial charge >= 0.3 is 5.97 Å². The highest BCUT2D eigenvalue weighted by Gasteiger charge is 2.60. The SMILES string of the molecule is C=C1C(N2CCOCC2)CC2[C@](C)(CC[C@@H](O)[C@@]2(C)CO)C1CC(Nc1ccccn1)C1=C/C(=C\c2cn(C)c3nc(N)ncc23)OC1=O. The van der Waals surface area contributed by atoms with Crippen molar-refractivity contribution in [3.05, 3.63) is 71.9 Å². The number of allylic oxidation sites excluding steroid dienone is 1. The molecule has 7 atom stereocenters. The van der Waals surface area contributed by atoms with E-state index < -0.39 is 23.5 Å². The third-order valence-corrected chi connectivity index (χ3v) is 11.9. The summed E-state index contributed by atoms with van der Waals surface area (Å²) in [6, 6.07) is 5.26. The summed E-state index contributed by atoms with van der Waals surface area (Å²) in [6.07, 6.45) is 11.1. The Hall–Kier alpha value is -4.10. The highest BCUT2D eigenvalue weighted by atomic mass is 16.5. The number of hydrogen-bond donors (Lipinski definition) is 4. The van der Waals surface area contributed by atoms with Crippen LogP contribution in [0.4, 0.5) is 11.8 Å². The van der Waals surface area contributed by atoms with Crippen LogP contribution in [0.25, 0.3) is 17.1 Å². The number of aromatic nitrogens is 4. The molecule has 3 aromatic heterocycles. The van der Waals surface area contributed by atoms with Crippen LogP contribution >= 0.6 is 0 Å². The van der Waals surface area contributed by atoms with Crippen molar-refractivity contribution in [1.29, 1.82) is 0 Å². The van der Waals surface area contributed by atoms with E-state index in [1.54, 1.807) is 12.4 Å². The lowest BCUT2D eigenvalue weighted by Gasteiger charge is -2.62. The molecule has 2 saturated carbocycles. The van der Waals surface area contributed by atoms with Gasteiger partial charge in [-0.25, -0.2) is 14.8 Å². The Morgan fingerprint density at radius 3 is 2.78 bits per heavy atom. The first-order valence-corrected chi connectivity index (χ1v) is 17.2. The van der Waals surface area contributed by atoms with Gasteiger partial charge in [0.15, 0.2) is 0 Å². The van der Waals surface area contributed by atoms with Crippen molar-refractivity contribution >= 4 is 34.8 Å². The quantitative estimate of drug-likeness (QED) is 0.205. The molecule has 0 bridgehead atoms. The smallest absolute Gasteiger partial charge is 0.341 e. The van der Waals surface area contributed by atoms with Crippen molar-refractivity contribution in [2.24, 2.45) is 29.7 Å². The number of carbonyl (C=O) groups is 1. The normalized spacial score (nSPS) is 32.2. The van der Waals surface area contributed by atoms with Gasteiger partial charge in [0.1, 0.15) is 17.2 Å². The average molecular weight is 670 g/mol. The Morgan fingerprint density at radius 1 is 1.24 bits per heavy atom. The number of nitrogens with zero attached hydrogens (tertiary/aromatic N) is 5. The van der Waals surface area contributed by atoms with Crippen LogP contribution in [0.2, 0.25) is 0 Å². The van der Waals surface area contributed by atoms with Crippen molar-refractivity contribution in [2.45, 2.75) is 57.7 Å². The maximum Gasteiger partial charge on any atom is 0.341 e. The summed E-state index contributed by atoms with van der Waals surface area (Å²) in [5.74, 6) is 0.815. The van der Waals surface area contributed by atoms with Crippen molar-refractivity contribution in [3.8, 4) is 0 Å². The first-order chi connectivity index (χ1) is 23.5. The van der Waals surface area contributed by atoms with Crippen LogP contribution in [0.3, 0.4) is 0 Å². The first kappa shape index (κ1) is 33.4. The van der Waals surface area contributed by atoms with Gasteiger partial charge in [-0.3, -0.25) is 4.90 Å². The molecular weight excluding hydrogens is 622 g/mol. The highest BCUT2D eigenvalue weighted by molar-refractivity contribution is 5.96. The number of morpholine rings is 1. The number of hydrogen-bond acceptors (Lipinski definition) is 11. The minimum atomic E-state index is -0.672. The van der Waals surface area contributed by atoms with Gasteiger partial charge in [0, 0.05) is 61.1 Å². The number of rotatable bonds is 8.